The van der Waals surface area contributed by atoms with Crippen LogP contribution in [0.2, 0.25) is 0 Å². The molecule has 0 aromatic rings. The number of carbonyl (C=O) groups is 1. The predicted octanol–water partition coefficient (Wildman–Crippen LogP) is 2.10. The summed E-state index contributed by atoms with van der Waals surface area (Å²) in [5.74, 6) is -0.280. The van der Waals surface area contributed by atoms with Gasteiger partial charge in [-0.25, -0.2) is 4.79 Å². The Morgan fingerprint density at radius 1 is 1.69 bits per heavy atom. The predicted molar refractivity (Wildman–Crippen MR) is 49.3 cm³/mol. The summed E-state index contributed by atoms with van der Waals surface area (Å²) in [6, 6.07) is 0. The largest absolute Gasteiger partial charge is 0.512 e. The van der Waals surface area contributed by atoms with Gasteiger partial charge in [0.05, 0.1) is 5.57 Å². The number of esters is 1. The fourth-order valence-corrected chi connectivity index (χ4v) is 1.15. The summed E-state index contributed by atoms with van der Waals surface area (Å²) in [6.07, 6.45) is 1.99. The van der Waals surface area contributed by atoms with Crippen molar-refractivity contribution in [2.45, 2.75) is 33.3 Å². The summed E-state index contributed by atoms with van der Waals surface area (Å²) in [5, 5.41) is 9.41. The van der Waals surface area contributed by atoms with E-state index in [9.17, 15) is 9.90 Å². The van der Waals surface area contributed by atoms with E-state index < -0.39 is 5.97 Å². The molecule has 0 bridgehead atoms. The highest BCUT2D eigenvalue weighted by Gasteiger charge is 2.26. The number of ether oxygens (including phenoxy) is 1. The second-order valence-electron chi connectivity index (χ2n) is 3.20. The van der Waals surface area contributed by atoms with Gasteiger partial charge in [-0.3, -0.25) is 0 Å². The quantitative estimate of drug-likeness (QED) is 0.499. The van der Waals surface area contributed by atoms with Gasteiger partial charge in [0.15, 0.2) is 0 Å². The fourth-order valence-electron chi connectivity index (χ4n) is 1.15. The van der Waals surface area contributed by atoms with Crippen molar-refractivity contribution in [1.82, 2.24) is 0 Å². The van der Waals surface area contributed by atoms with Crippen molar-refractivity contribution < 1.29 is 14.6 Å². The van der Waals surface area contributed by atoms with Crippen molar-refractivity contribution in [3.8, 4) is 0 Å². The summed E-state index contributed by atoms with van der Waals surface area (Å²) >= 11 is 0. The van der Waals surface area contributed by atoms with Gasteiger partial charge >= 0.3 is 5.97 Å². The maximum Gasteiger partial charge on any atom is 0.337 e. The Balaban J connectivity index is 2.86. The highest BCUT2D eigenvalue weighted by molar-refractivity contribution is 5.89. The molecule has 0 saturated carbocycles. The molecular formula is C10H14O3. The number of aliphatic hydroxyl groups is 1. The number of aliphatic hydroxyl groups excluding tert-OH is 1. The zero-order valence-electron chi connectivity index (χ0n) is 8.13. The Morgan fingerprint density at radius 3 is 2.77 bits per heavy atom. The first-order chi connectivity index (χ1) is 6.06. The van der Waals surface area contributed by atoms with Crippen LogP contribution in [0.5, 0.6) is 0 Å². The average Bonchev–Trinajstić information content (AvgIpc) is 2.12. The monoisotopic (exact) mass is 182 g/mol. The van der Waals surface area contributed by atoms with Crippen LogP contribution in [0.1, 0.15) is 27.2 Å². The van der Waals surface area contributed by atoms with E-state index in [0.717, 1.165) is 5.57 Å². The second kappa shape index (κ2) is 3.64. The molecule has 3 nitrogen and oxygen atoms in total. The summed E-state index contributed by atoms with van der Waals surface area (Å²) in [5.41, 5.74) is 1.28. The molecule has 0 aromatic heterocycles. The summed E-state index contributed by atoms with van der Waals surface area (Å²) in [7, 11) is 0. The Labute approximate surface area is 77.7 Å². The number of cyclic esters (lactones) is 1. The van der Waals surface area contributed by atoms with Gasteiger partial charge in [0.1, 0.15) is 11.9 Å². The lowest BCUT2D eigenvalue weighted by molar-refractivity contribution is -0.144. The summed E-state index contributed by atoms with van der Waals surface area (Å²) in [6.45, 7) is 5.33. The molecule has 1 aliphatic rings. The van der Waals surface area contributed by atoms with Gasteiger partial charge in [-0.05, 0) is 26.3 Å². The lowest BCUT2D eigenvalue weighted by Crippen LogP contribution is -2.26. The van der Waals surface area contributed by atoms with Gasteiger partial charge < -0.3 is 9.84 Å². The fraction of sp³-hybridized carbons (Fsp3) is 0.500. The number of hydrogen-bond acceptors (Lipinski definition) is 3. The molecule has 0 aliphatic carbocycles. The molecule has 0 fully saturated rings. The van der Waals surface area contributed by atoms with E-state index in [4.69, 9.17) is 4.74 Å². The number of allylic oxidation sites excluding steroid dienone is 1. The molecule has 0 amide bonds. The van der Waals surface area contributed by atoms with Crippen LogP contribution in [0, 0.1) is 0 Å². The Kier molecular flexibility index (Phi) is 2.76. The molecule has 72 valence electrons. The highest BCUT2D eigenvalue weighted by atomic mass is 16.5. The molecule has 1 heterocycles. The van der Waals surface area contributed by atoms with Gasteiger partial charge in [0.25, 0.3) is 0 Å². The SMILES string of the molecule is C/C=C(/C)C1CC(O)=C(C)C(=O)O1. The molecule has 1 aliphatic heterocycles. The van der Waals surface area contributed by atoms with Gasteiger partial charge in [-0.15, -0.1) is 0 Å². The van der Waals surface area contributed by atoms with Crippen LogP contribution in [0.15, 0.2) is 23.0 Å². The Bertz CT molecular complexity index is 287. The third kappa shape index (κ3) is 1.91. The summed E-state index contributed by atoms with van der Waals surface area (Å²) < 4.78 is 5.10. The van der Waals surface area contributed by atoms with Gasteiger partial charge in [-0.2, -0.15) is 0 Å². The molecular weight excluding hydrogens is 168 g/mol. The van der Waals surface area contributed by atoms with E-state index in [1.165, 1.54) is 0 Å². The Hall–Kier alpha value is -1.25. The van der Waals surface area contributed by atoms with E-state index in [0.29, 0.717) is 12.0 Å². The minimum Gasteiger partial charge on any atom is -0.512 e. The number of carbonyl (C=O) groups excluding carboxylic acids is 1. The number of hydrogen-bond donors (Lipinski definition) is 1. The molecule has 3 heteroatoms. The van der Waals surface area contributed by atoms with Crippen molar-refractivity contribution in [3.63, 3.8) is 0 Å². The molecule has 13 heavy (non-hydrogen) atoms. The molecule has 1 rings (SSSR count). The first-order valence-corrected chi connectivity index (χ1v) is 4.28. The van der Waals surface area contributed by atoms with Gasteiger partial charge in [-0.1, -0.05) is 6.08 Å². The standard InChI is InChI=1S/C10H14O3/c1-4-6(2)9-5-8(11)7(3)10(12)13-9/h4,9,11H,5H2,1-3H3/b6-4-. The maximum atomic E-state index is 11.2. The van der Waals surface area contributed by atoms with E-state index in [2.05, 4.69) is 0 Å². The minimum absolute atomic E-state index is 0.141. The third-order valence-corrected chi connectivity index (χ3v) is 2.33. The normalized spacial score (nSPS) is 24.7. The van der Waals surface area contributed by atoms with E-state index >= 15 is 0 Å². The van der Waals surface area contributed by atoms with Gasteiger partial charge in [0.2, 0.25) is 0 Å². The lowest BCUT2D eigenvalue weighted by atomic mass is 10.0. The Morgan fingerprint density at radius 2 is 2.31 bits per heavy atom. The van der Waals surface area contributed by atoms with Crippen LogP contribution in [0.4, 0.5) is 0 Å². The second-order valence-corrected chi connectivity index (χ2v) is 3.20. The molecule has 1 atom stereocenters. The third-order valence-electron chi connectivity index (χ3n) is 2.33. The molecule has 0 radical (unpaired) electrons. The van der Waals surface area contributed by atoms with E-state index in [1.807, 2.05) is 19.9 Å². The lowest BCUT2D eigenvalue weighted by Gasteiger charge is -2.23. The number of rotatable bonds is 1. The van der Waals surface area contributed by atoms with E-state index in [-0.39, 0.29) is 11.9 Å². The highest BCUT2D eigenvalue weighted by Crippen LogP contribution is 2.23. The smallest absolute Gasteiger partial charge is 0.337 e. The van der Waals surface area contributed by atoms with Crippen molar-refractivity contribution in [1.29, 1.82) is 0 Å². The average molecular weight is 182 g/mol. The van der Waals surface area contributed by atoms with Crippen LogP contribution in [0.3, 0.4) is 0 Å². The first-order valence-electron chi connectivity index (χ1n) is 4.28. The molecule has 1 unspecified atom stereocenters. The maximum absolute atomic E-state index is 11.2. The van der Waals surface area contributed by atoms with Crippen molar-refractivity contribution >= 4 is 5.97 Å². The van der Waals surface area contributed by atoms with Crippen molar-refractivity contribution in [2.75, 3.05) is 0 Å². The van der Waals surface area contributed by atoms with E-state index in [1.54, 1.807) is 6.92 Å². The molecule has 0 spiro atoms. The first kappa shape index (κ1) is 9.84. The van der Waals surface area contributed by atoms with Gasteiger partial charge in [0, 0.05) is 6.42 Å². The molecule has 0 saturated heterocycles. The van der Waals surface area contributed by atoms with Crippen LogP contribution >= 0.6 is 0 Å². The summed E-state index contributed by atoms with van der Waals surface area (Å²) in [4.78, 5) is 11.2. The molecule has 0 aromatic carbocycles. The molecule has 1 N–H and O–H groups in total. The van der Waals surface area contributed by atoms with Crippen LogP contribution in [-0.2, 0) is 9.53 Å². The zero-order valence-corrected chi connectivity index (χ0v) is 8.13. The van der Waals surface area contributed by atoms with Crippen LogP contribution in [-0.4, -0.2) is 17.2 Å². The minimum atomic E-state index is -0.421. The zero-order chi connectivity index (χ0) is 10.0. The van der Waals surface area contributed by atoms with Crippen molar-refractivity contribution in [3.05, 3.63) is 23.0 Å². The van der Waals surface area contributed by atoms with Crippen molar-refractivity contribution in [2.24, 2.45) is 0 Å². The van der Waals surface area contributed by atoms with Crippen LogP contribution < -0.4 is 0 Å². The topological polar surface area (TPSA) is 46.5 Å². The van der Waals surface area contributed by atoms with Crippen LogP contribution in [0.25, 0.3) is 0 Å².